The average Bonchev–Trinajstić information content (AvgIpc) is 2.49. The Balaban J connectivity index is 2.05. The highest BCUT2D eigenvalue weighted by Crippen LogP contribution is 2.16. The van der Waals surface area contributed by atoms with E-state index in [1.807, 2.05) is 12.1 Å². The van der Waals surface area contributed by atoms with E-state index < -0.39 is 5.97 Å². The van der Waals surface area contributed by atoms with Crippen LogP contribution in [-0.4, -0.2) is 24.1 Å². The average molecular weight is 299 g/mol. The summed E-state index contributed by atoms with van der Waals surface area (Å²) < 4.78 is 5.06. The summed E-state index contributed by atoms with van der Waals surface area (Å²) in [5.41, 5.74) is 2.16. The van der Waals surface area contributed by atoms with Gasteiger partial charge >= 0.3 is 5.97 Å². The number of hydrogen-bond donors (Lipinski definition) is 2. The van der Waals surface area contributed by atoms with Gasteiger partial charge in [-0.3, -0.25) is 4.79 Å². The van der Waals surface area contributed by atoms with Crippen LogP contribution >= 0.6 is 0 Å². The second-order valence-corrected chi connectivity index (χ2v) is 4.91. The molecule has 0 saturated carbocycles. The van der Waals surface area contributed by atoms with E-state index in [1.165, 1.54) is 6.07 Å². The number of carbonyl (C=O) groups is 2. The van der Waals surface area contributed by atoms with Crippen molar-refractivity contribution in [2.24, 2.45) is 0 Å². The van der Waals surface area contributed by atoms with Crippen molar-refractivity contribution in [1.82, 2.24) is 0 Å². The van der Waals surface area contributed by atoms with E-state index in [4.69, 9.17) is 9.84 Å². The van der Waals surface area contributed by atoms with Crippen molar-refractivity contribution >= 4 is 17.6 Å². The highest BCUT2D eigenvalue weighted by Gasteiger charge is 2.10. The maximum absolute atomic E-state index is 12.0. The first-order chi connectivity index (χ1) is 10.5. The summed E-state index contributed by atoms with van der Waals surface area (Å²) in [5.74, 6) is -0.483. The predicted molar refractivity (Wildman–Crippen MR) is 83.5 cm³/mol. The van der Waals surface area contributed by atoms with Crippen LogP contribution in [0, 0.1) is 6.92 Å². The first-order valence-corrected chi connectivity index (χ1v) is 6.76. The number of aromatic carboxylic acids is 1. The monoisotopic (exact) mass is 299 g/mol. The minimum Gasteiger partial charge on any atom is -0.497 e. The summed E-state index contributed by atoms with van der Waals surface area (Å²) in [6.45, 7) is 1.71. The van der Waals surface area contributed by atoms with Gasteiger partial charge in [0.05, 0.1) is 19.1 Å². The third kappa shape index (κ3) is 3.85. The second kappa shape index (κ2) is 6.76. The van der Waals surface area contributed by atoms with Gasteiger partial charge in [-0.15, -0.1) is 0 Å². The first-order valence-electron chi connectivity index (χ1n) is 6.76. The standard InChI is InChI=1S/C17H17NO4/c1-11-3-6-13(10-15(11)17(20)21)18-16(19)9-12-4-7-14(22-2)8-5-12/h3-8,10H,9H2,1-2H3,(H,18,19)(H,20,21). The molecule has 5 heteroatoms. The molecule has 0 aliphatic rings. The van der Waals surface area contributed by atoms with Crippen LogP contribution in [0.5, 0.6) is 5.75 Å². The topological polar surface area (TPSA) is 75.6 Å². The first kappa shape index (κ1) is 15.6. The Morgan fingerprint density at radius 3 is 2.41 bits per heavy atom. The van der Waals surface area contributed by atoms with Gasteiger partial charge in [0.2, 0.25) is 5.91 Å². The van der Waals surface area contributed by atoms with Gasteiger partial charge in [-0.2, -0.15) is 0 Å². The molecule has 0 unspecified atom stereocenters. The Kier molecular flexibility index (Phi) is 4.78. The van der Waals surface area contributed by atoms with Crippen molar-refractivity contribution in [3.8, 4) is 5.75 Å². The smallest absolute Gasteiger partial charge is 0.336 e. The lowest BCUT2D eigenvalue weighted by Crippen LogP contribution is -2.15. The number of aryl methyl sites for hydroxylation is 1. The minimum atomic E-state index is -1.01. The molecule has 0 atom stereocenters. The molecule has 0 aliphatic heterocycles. The number of hydrogen-bond acceptors (Lipinski definition) is 3. The molecule has 1 amide bonds. The Morgan fingerprint density at radius 1 is 1.14 bits per heavy atom. The van der Waals surface area contributed by atoms with Crippen LogP contribution < -0.4 is 10.1 Å². The number of carbonyl (C=O) groups excluding carboxylic acids is 1. The fourth-order valence-corrected chi connectivity index (χ4v) is 2.06. The second-order valence-electron chi connectivity index (χ2n) is 4.91. The van der Waals surface area contributed by atoms with Gasteiger partial charge < -0.3 is 15.2 Å². The van der Waals surface area contributed by atoms with Crippen molar-refractivity contribution in [1.29, 1.82) is 0 Å². The molecular formula is C17H17NO4. The van der Waals surface area contributed by atoms with Crippen LogP contribution in [0.25, 0.3) is 0 Å². The zero-order valence-electron chi connectivity index (χ0n) is 12.4. The fourth-order valence-electron chi connectivity index (χ4n) is 2.06. The lowest BCUT2D eigenvalue weighted by molar-refractivity contribution is -0.115. The summed E-state index contributed by atoms with van der Waals surface area (Å²) in [5, 5.41) is 11.8. The van der Waals surface area contributed by atoms with Crippen molar-refractivity contribution < 1.29 is 19.4 Å². The molecule has 0 radical (unpaired) electrons. The highest BCUT2D eigenvalue weighted by atomic mass is 16.5. The number of ether oxygens (including phenoxy) is 1. The third-order valence-corrected chi connectivity index (χ3v) is 3.28. The summed E-state index contributed by atoms with van der Waals surface area (Å²) >= 11 is 0. The van der Waals surface area contributed by atoms with Gasteiger partial charge in [0.1, 0.15) is 5.75 Å². The van der Waals surface area contributed by atoms with Crippen molar-refractivity contribution in [3.05, 3.63) is 59.2 Å². The molecule has 2 rings (SSSR count). The van der Waals surface area contributed by atoms with Crippen LogP contribution in [-0.2, 0) is 11.2 Å². The maximum Gasteiger partial charge on any atom is 0.336 e. The molecule has 0 aliphatic carbocycles. The highest BCUT2D eigenvalue weighted by molar-refractivity contribution is 5.95. The Bertz CT molecular complexity index is 692. The number of anilines is 1. The molecule has 5 nitrogen and oxygen atoms in total. The van der Waals surface area contributed by atoms with Gasteiger partial charge in [-0.25, -0.2) is 4.79 Å². The molecule has 0 aromatic heterocycles. The van der Waals surface area contributed by atoms with E-state index in [1.54, 1.807) is 38.3 Å². The number of rotatable bonds is 5. The lowest BCUT2D eigenvalue weighted by Gasteiger charge is -2.08. The third-order valence-electron chi connectivity index (χ3n) is 3.28. The quantitative estimate of drug-likeness (QED) is 0.890. The van der Waals surface area contributed by atoms with Crippen LogP contribution in [0.4, 0.5) is 5.69 Å². The molecule has 0 spiro atoms. The van der Waals surface area contributed by atoms with E-state index >= 15 is 0 Å². The number of benzene rings is 2. The fraction of sp³-hybridized carbons (Fsp3) is 0.176. The molecule has 2 aromatic rings. The summed E-state index contributed by atoms with van der Waals surface area (Å²) in [6.07, 6.45) is 0.209. The summed E-state index contributed by atoms with van der Waals surface area (Å²) in [6, 6.07) is 12.0. The number of carboxylic acid groups (broad SMARTS) is 1. The lowest BCUT2D eigenvalue weighted by atomic mass is 10.1. The van der Waals surface area contributed by atoms with E-state index in [-0.39, 0.29) is 17.9 Å². The van der Waals surface area contributed by atoms with Gasteiger partial charge in [0.15, 0.2) is 0 Å². The zero-order chi connectivity index (χ0) is 16.1. The van der Waals surface area contributed by atoms with Crippen molar-refractivity contribution in [2.45, 2.75) is 13.3 Å². The maximum atomic E-state index is 12.0. The van der Waals surface area contributed by atoms with E-state index in [0.29, 0.717) is 11.3 Å². The Hall–Kier alpha value is -2.82. The number of methoxy groups -OCH3 is 1. The van der Waals surface area contributed by atoms with E-state index in [9.17, 15) is 9.59 Å². The van der Waals surface area contributed by atoms with Gasteiger partial charge in [-0.05, 0) is 42.3 Å². The van der Waals surface area contributed by atoms with Crippen LogP contribution in [0.15, 0.2) is 42.5 Å². The Labute approximate surface area is 128 Å². The number of amides is 1. The largest absolute Gasteiger partial charge is 0.497 e. The molecule has 0 bridgehead atoms. The van der Waals surface area contributed by atoms with Crippen molar-refractivity contribution in [2.75, 3.05) is 12.4 Å². The SMILES string of the molecule is COc1ccc(CC(=O)Nc2ccc(C)c(C(=O)O)c2)cc1. The van der Waals surface area contributed by atoms with Gasteiger partial charge in [0.25, 0.3) is 0 Å². The molecule has 2 N–H and O–H groups in total. The van der Waals surface area contributed by atoms with Gasteiger partial charge in [0, 0.05) is 5.69 Å². The molecule has 0 fully saturated rings. The zero-order valence-corrected chi connectivity index (χ0v) is 12.4. The van der Waals surface area contributed by atoms with Crippen LogP contribution in [0.1, 0.15) is 21.5 Å². The van der Waals surface area contributed by atoms with E-state index in [2.05, 4.69) is 5.32 Å². The molecule has 2 aromatic carbocycles. The normalized spacial score (nSPS) is 10.1. The minimum absolute atomic E-state index is 0.183. The molecule has 0 saturated heterocycles. The van der Waals surface area contributed by atoms with Crippen LogP contribution in [0.2, 0.25) is 0 Å². The Morgan fingerprint density at radius 2 is 1.82 bits per heavy atom. The molecule has 22 heavy (non-hydrogen) atoms. The van der Waals surface area contributed by atoms with Gasteiger partial charge in [-0.1, -0.05) is 18.2 Å². The molecule has 0 heterocycles. The molecular weight excluding hydrogens is 282 g/mol. The van der Waals surface area contributed by atoms with Crippen LogP contribution in [0.3, 0.4) is 0 Å². The summed E-state index contributed by atoms with van der Waals surface area (Å²) in [4.78, 5) is 23.1. The predicted octanol–water partition coefficient (Wildman–Crippen LogP) is 2.88. The molecule has 114 valence electrons. The summed E-state index contributed by atoms with van der Waals surface area (Å²) in [7, 11) is 1.58. The van der Waals surface area contributed by atoms with E-state index in [0.717, 1.165) is 11.3 Å². The van der Waals surface area contributed by atoms with Crippen molar-refractivity contribution in [3.63, 3.8) is 0 Å². The number of nitrogens with one attached hydrogen (secondary N) is 1. The number of carboxylic acids is 1.